The number of hydrogen-bond donors (Lipinski definition) is 2. The Balaban J connectivity index is 2.66. The van der Waals surface area contributed by atoms with Crippen molar-refractivity contribution in [1.29, 1.82) is 0 Å². The Kier molecular flexibility index (Phi) is 2.82. The zero-order valence-electron chi connectivity index (χ0n) is 8.64. The van der Waals surface area contributed by atoms with Gasteiger partial charge in [0.25, 0.3) is 11.1 Å². The molecule has 0 radical (unpaired) electrons. The van der Waals surface area contributed by atoms with Crippen molar-refractivity contribution in [3.05, 3.63) is 39.0 Å². The van der Waals surface area contributed by atoms with Crippen LogP contribution in [0.25, 0.3) is 10.9 Å². The van der Waals surface area contributed by atoms with Crippen molar-refractivity contribution in [3.63, 3.8) is 0 Å². The van der Waals surface area contributed by atoms with Crippen molar-refractivity contribution in [2.24, 2.45) is 5.73 Å². The minimum atomic E-state index is -0.306. The van der Waals surface area contributed by atoms with E-state index in [1.807, 2.05) is 0 Å². The molecular weight excluding hydrogens is 208 g/mol. The molecule has 0 spiro atoms. The van der Waals surface area contributed by atoms with E-state index in [0.717, 1.165) is 0 Å². The monoisotopic (exact) mass is 220 g/mol. The molecule has 0 saturated heterocycles. The van der Waals surface area contributed by atoms with E-state index in [4.69, 9.17) is 5.73 Å². The van der Waals surface area contributed by atoms with Gasteiger partial charge in [-0.05, 0) is 25.1 Å². The van der Waals surface area contributed by atoms with Gasteiger partial charge < -0.3 is 5.73 Å². The molecule has 84 valence electrons. The van der Waals surface area contributed by atoms with Crippen molar-refractivity contribution < 1.29 is 0 Å². The van der Waals surface area contributed by atoms with E-state index in [-0.39, 0.29) is 16.6 Å². The van der Waals surface area contributed by atoms with Gasteiger partial charge in [0.1, 0.15) is 5.52 Å². The summed E-state index contributed by atoms with van der Waals surface area (Å²) < 4.78 is 1.25. The second-order valence-corrected chi connectivity index (χ2v) is 3.44. The van der Waals surface area contributed by atoms with E-state index < -0.39 is 0 Å². The predicted octanol–water partition coefficient (Wildman–Crippen LogP) is -0.566. The van der Waals surface area contributed by atoms with Gasteiger partial charge in [-0.25, -0.2) is 4.68 Å². The quantitative estimate of drug-likeness (QED) is 0.724. The van der Waals surface area contributed by atoms with Crippen molar-refractivity contribution in [2.75, 3.05) is 6.54 Å². The molecule has 0 atom stereocenters. The molecule has 0 aliphatic heterocycles. The van der Waals surface area contributed by atoms with Gasteiger partial charge >= 0.3 is 0 Å². The lowest BCUT2D eigenvalue weighted by Crippen LogP contribution is -2.31. The number of rotatable bonds is 3. The van der Waals surface area contributed by atoms with E-state index in [0.29, 0.717) is 24.9 Å². The minimum absolute atomic E-state index is 0.197. The molecule has 6 heteroatoms. The van der Waals surface area contributed by atoms with Crippen molar-refractivity contribution in [2.45, 2.75) is 13.0 Å². The van der Waals surface area contributed by atoms with Gasteiger partial charge in [0, 0.05) is 12.7 Å². The molecule has 0 unspecified atom stereocenters. The van der Waals surface area contributed by atoms with Crippen molar-refractivity contribution in [1.82, 2.24) is 14.8 Å². The van der Waals surface area contributed by atoms with Gasteiger partial charge in [-0.1, -0.05) is 0 Å². The lowest BCUT2D eigenvalue weighted by atomic mass is 10.3. The number of nitrogens with two attached hydrogens (primary N) is 1. The molecular formula is C10H12N4O2. The molecule has 2 rings (SSSR count). The Morgan fingerprint density at radius 1 is 1.44 bits per heavy atom. The van der Waals surface area contributed by atoms with Crippen LogP contribution in [0.4, 0.5) is 0 Å². The Labute approximate surface area is 90.7 Å². The van der Waals surface area contributed by atoms with Crippen LogP contribution in [0.5, 0.6) is 0 Å². The lowest BCUT2D eigenvalue weighted by molar-refractivity contribution is 0.552. The summed E-state index contributed by atoms with van der Waals surface area (Å²) in [5.74, 6) is 0. The van der Waals surface area contributed by atoms with E-state index in [1.165, 1.54) is 10.9 Å². The van der Waals surface area contributed by atoms with Crippen molar-refractivity contribution in [3.8, 4) is 0 Å². The summed E-state index contributed by atoms with van der Waals surface area (Å²) in [5.41, 5.74) is 4.96. The smallest absolute Gasteiger partial charge is 0.291 e. The number of hydrogen-bond acceptors (Lipinski definition) is 4. The molecule has 0 saturated carbocycles. The molecule has 6 nitrogen and oxygen atoms in total. The van der Waals surface area contributed by atoms with Gasteiger partial charge in [-0.3, -0.25) is 19.7 Å². The minimum Gasteiger partial charge on any atom is -0.330 e. The number of nitrogens with one attached hydrogen (secondary N) is 1. The third-order valence-corrected chi connectivity index (χ3v) is 2.32. The number of H-pyrrole nitrogens is 1. The zero-order valence-corrected chi connectivity index (χ0v) is 8.64. The Hall–Kier alpha value is -1.95. The summed E-state index contributed by atoms with van der Waals surface area (Å²) in [5, 5.41) is 2.82. The standard InChI is InChI=1S/C10H12N4O2/c11-4-2-6-14-10(16)8-7(9(15)13-14)3-1-5-12-8/h1,3,5H,2,4,6,11H2,(H,13,15). The van der Waals surface area contributed by atoms with Gasteiger partial charge in [0.15, 0.2) is 0 Å². The molecule has 0 amide bonds. The average Bonchev–Trinajstić information content (AvgIpc) is 2.32. The predicted molar refractivity (Wildman–Crippen MR) is 60.3 cm³/mol. The fourth-order valence-corrected chi connectivity index (χ4v) is 1.53. The van der Waals surface area contributed by atoms with E-state index >= 15 is 0 Å². The van der Waals surface area contributed by atoms with Gasteiger partial charge in [0.05, 0.1) is 5.39 Å². The molecule has 0 aliphatic carbocycles. The van der Waals surface area contributed by atoms with E-state index in [1.54, 1.807) is 12.1 Å². The maximum absolute atomic E-state index is 11.9. The maximum Gasteiger partial charge on any atom is 0.291 e. The molecule has 0 bridgehead atoms. The number of aromatic amines is 1. The molecule has 16 heavy (non-hydrogen) atoms. The van der Waals surface area contributed by atoms with Crippen LogP contribution >= 0.6 is 0 Å². The first-order chi connectivity index (χ1) is 7.74. The van der Waals surface area contributed by atoms with Crippen LogP contribution in [-0.2, 0) is 6.54 Å². The summed E-state index contributed by atoms with van der Waals surface area (Å²) in [6.07, 6.45) is 2.13. The molecule has 0 aromatic carbocycles. The number of aryl methyl sites for hydroxylation is 1. The van der Waals surface area contributed by atoms with E-state index in [9.17, 15) is 9.59 Å². The topological polar surface area (TPSA) is 93.8 Å². The summed E-state index contributed by atoms with van der Waals surface area (Å²) >= 11 is 0. The first kappa shape index (κ1) is 10.6. The summed E-state index contributed by atoms with van der Waals surface area (Å²) in [4.78, 5) is 27.4. The highest BCUT2D eigenvalue weighted by Crippen LogP contribution is 1.98. The first-order valence-corrected chi connectivity index (χ1v) is 5.02. The second kappa shape index (κ2) is 4.28. The van der Waals surface area contributed by atoms with Crippen LogP contribution in [0.2, 0.25) is 0 Å². The Bertz CT molecular complexity index is 614. The third kappa shape index (κ3) is 1.74. The Morgan fingerprint density at radius 3 is 3.00 bits per heavy atom. The fraction of sp³-hybridized carbons (Fsp3) is 0.300. The summed E-state index contributed by atoms with van der Waals surface area (Å²) in [7, 11) is 0. The molecule has 2 aromatic heterocycles. The molecule has 2 heterocycles. The number of pyridine rings is 1. The van der Waals surface area contributed by atoms with Gasteiger partial charge in [-0.2, -0.15) is 0 Å². The number of aromatic nitrogens is 3. The lowest BCUT2D eigenvalue weighted by Gasteiger charge is -2.04. The molecule has 3 N–H and O–H groups in total. The van der Waals surface area contributed by atoms with Crippen LogP contribution in [-0.4, -0.2) is 21.3 Å². The van der Waals surface area contributed by atoms with Crippen LogP contribution in [0.3, 0.4) is 0 Å². The van der Waals surface area contributed by atoms with Crippen LogP contribution < -0.4 is 16.9 Å². The highest BCUT2D eigenvalue weighted by Gasteiger charge is 2.06. The number of fused-ring (bicyclic) bond motifs is 1. The van der Waals surface area contributed by atoms with Crippen LogP contribution in [0.1, 0.15) is 6.42 Å². The molecule has 0 aliphatic rings. The maximum atomic E-state index is 11.9. The number of nitrogens with zero attached hydrogens (tertiary/aromatic N) is 2. The first-order valence-electron chi connectivity index (χ1n) is 5.02. The zero-order chi connectivity index (χ0) is 11.5. The summed E-state index contributed by atoms with van der Waals surface area (Å²) in [6.45, 7) is 0.867. The molecule has 0 fully saturated rings. The highest BCUT2D eigenvalue weighted by atomic mass is 16.2. The SMILES string of the molecule is NCCCn1[nH]c(=O)c2cccnc2c1=O. The Morgan fingerprint density at radius 2 is 2.25 bits per heavy atom. The summed E-state index contributed by atoms with van der Waals surface area (Å²) in [6, 6.07) is 3.21. The van der Waals surface area contributed by atoms with Gasteiger partial charge in [0.2, 0.25) is 0 Å². The second-order valence-electron chi connectivity index (χ2n) is 3.44. The largest absolute Gasteiger partial charge is 0.330 e. The fourth-order valence-electron chi connectivity index (χ4n) is 1.53. The van der Waals surface area contributed by atoms with E-state index in [2.05, 4.69) is 10.1 Å². The normalized spacial score (nSPS) is 10.8. The molecule has 2 aromatic rings. The highest BCUT2D eigenvalue weighted by molar-refractivity contribution is 5.75. The van der Waals surface area contributed by atoms with Gasteiger partial charge in [-0.15, -0.1) is 0 Å². The van der Waals surface area contributed by atoms with Crippen LogP contribution in [0, 0.1) is 0 Å². The van der Waals surface area contributed by atoms with Crippen molar-refractivity contribution >= 4 is 10.9 Å². The van der Waals surface area contributed by atoms with Crippen LogP contribution in [0.15, 0.2) is 27.9 Å². The average molecular weight is 220 g/mol. The third-order valence-electron chi connectivity index (χ3n) is 2.32.